The van der Waals surface area contributed by atoms with Crippen molar-refractivity contribution >= 4 is 26.6 Å². The Morgan fingerprint density at radius 3 is 2.54 bits per heavy atom. The molecule has 1 aliphatic rings. The molecule has 1 aromatic heterocycles. The second kappa shape index (κ2) is 8.84. The van der Waals surface area contributed by atoms with E-state index in [1.165, 1.54) is 5.56 Å². The molecule has 146 valence electrons. The van der Waals surface area contributed by atoms with Gasteiger partial charge < -0.3 is 4.90 Å². The van der Waals surface area contributed by atoms with Crippen molar-refractivity contribution in [2.24, 2.45) is 0 Å². The minimum Gasteiger partial charge on any atom is -0.345 e. The van der Waals surface area contributed by atoms with Gasteiger partial charge in [-0.2, -0.15) is 4.98 Å². The van der Waals surface area contributed by atoms with Gasteiger partial charge in [-0.3, -0.25) is 9.69 Å². The minimum absolute atomic E-state index is 0.105. The first-order valence-corrected chi connectivity index (χ1v) is 11.0. The van der Waals surface area contributed by atoms with E-state index in [0.29, 0.717) is 6.04 Å². The van der Waals surface area contributed by atoms with Crippen molar-refractivity contribution < 1.29 is 0 Å². The SMILES string of the molecule is CCCN(c1nc(=O)c2ccccc2s1)C1CCN(Cc2ccccc2)CC1. The molecule has 2 aromatic carbocycles. The summed E-state index contributed by atoms with van der Waals surface area (Å²) in [5, 5.41) is 1.61. The Bertz CT molecular complexity index is 964. The van der Waals surface area contributed by atoms with Crippen molar-refractivity contribution in [2.45, 2.75) is 38.8 Å². The lowest BCUT2D eigenvalue weighted by molar-refractivity contribution is 0.201. The summed E-state index contributed by atoms with van der Waals surface area (Å²) < 4.78 is 1.03. The predicted octanol–water partition coefficient (Wildman–Crippen LogP) is 4.54. The number of piperidine rings is 1. The zero-order valence-corrected chi connectivity index (χ0v) is 17.2. The van der Waals surface area contributed by atoms with Gasteiger partial charge in [0.2, 0.25) is 0 Å². The third-order valence-electron chi connectivity index (χ3n) is 5.47. The fourth-order valence-electron chi connectivity index (χ4n) is 4.03. The van der Waals surface area contributed by atoms with E-state index in [1.807, 2.05) is 24.3 Å². The number of anilines is 1. The Hall–Kier alpha value is -2.24. The van der Waals surface area contributed by atoms with Crippen LogP contribution < -0.4 is 10.5 Å². The summed E-state index contributed by atoms with van der Waals surface area (Å²) >= 11 is 1.65. The predicted molar refractivity (Wildman–Crippen MR) is 118 cm³/mol. The van der Waals surface area contributed by atoms with Crippen LogP contribution in [0.15, 0.2) is 59.4 Å². The molecule has 1 fully saturated rings. The second-order valence-corrected chi connectivity index (χ2v) is 8.49. The molecule has 0 aliphatic carbocycles. The molecule has 28 heavy (non-hydrogen) atoms. The van der Waals surface area contributed by atoms with Crippen LogP contribution in [0.3, 0.4) is 0 Å². The Labute approximate surface area is 170 Å². The Balaban J connectivity index is 1.49. The third kappa shape index (κ3) is 4.26. The summed E-state index contributed by atoms with van der Waals surface area (Å²) in [6.45, 7) is 6.33. The molecule has 0 N–H and O–H groups in total. The van der Waals surface area contributed by atoms with Gasteiger partial charge in [-0.05, 0) is 37.0 Å². The van der Waals surface area contributed by atoms with Gasteiger partial charge in [0.1, 0.15) is 0 Å². The number of hydrogen-bond donors (Lipinski definition) is 0. The van der Waals surface area contributed by atoms with Crippen LogP contribution in [0.5, 0.6) is 0 Å². The van der Waals surface area contributed by atoms with Crippen LogP contribution in [0.4, 0.5) is 5.13 Å². The maximum Gasteiger partial charge on any atom is 0.281 e. The molecule has 4 nitrogen and oxygen atoms in total. The van der Waals surface area contributed by atoms with Gasteiger partial charge in [-0.1, -0.05) is 60.7 Å². The summed E-state index contributed by atoms with van der Waals surface area (Å²) in [6.07, 6.45) is 3.28. The first-order valence-electron chi connectivity index (χ1n) is 10.2. The number of benzene rings is 2. The summed E-state index contributed by atoms with van der Waals surface area (Å²) in [6, 6.07) is 18.9. The monoisotopic (exact) mass is 393 g/mol. The zero-order chi connectivity index (χ0) is 19.3. The van der Waals surface area contributed by atoms with E-state index >= 15 is 0 Å². The van der Waals surface area contributed by atoms with Gasteiger partial charge in [-0.15, -0.1) is 0 Å². The fraction of sp³-hybridized carbons (Fsp3) is 0.391. The van der Waals surface area contributed by atoms with Gasteiger partial charge >= 0.3 is 0 Å². The lowest BCUT2D eigenvalue weighted by Gasteiger charge is -2.38. The largest absolute Gasteiger partial charge is 0.345 e. The maximum atomic E-state index is 12.5. The van der Waals surface area contributed by atoms with Crippen molar-refractivity contribution in [1.82, 2.24) is 9.88 Å². The highest BCUT2D eigenvalue weighted by Crippen LogP contribution is 2.29. The van der Waals surface area contributed by atoms with E-state index in [0.717, 1.165) is 60.7 Å². The van der Waals surface area contributed by atoms with Crippen molar-refractivity contribution in [3.63, 3.8) is 0 Å². The molecule has 0 saturated carbocycles. The average molecular weight is 394 g/mol. The highest BCUT2D eigenvalue weighted by atomic mass is 32.1. The molecule has 3 aromatic rings. The van der Waals surface area contributed by atoms with E-state index in [4.69, 9.17) is 0 Å². The summed E-state index contributed by atoms with van der Waals surface area (Å²) in [4.78, 5) is 21.9. The van der Waals surface area contributed by atoms with Gasteiger partial charge in [0, 0.05) is 36.9 Å². The number of likely N-dealkylation sites (tertiary alicyclic amines) is 1. The maximum absolute atomic E-state index is 12.5. The van der Waals surface area contributed by atoms with Crippen LogP contribution in [0.2, 0.25) is 0 Å². The molecule has 0 bridgehead atoms. The molecule has 0 unspecified atom stereocenters. The smallest absolute Gasteiger partial charge is 0.281 e. The van der Waals surface area contributed by atoms with Crippen LogP contribution in [0, 0.1) is 0 Å². The van der Waals surface area contributed by atoms with Crippen LogP contribution >= 0.6 is 11.3 Å². The molecule has 2 heterocycles. The van der Waals surface area contributed by atoms with Crippen LogP contribution in [-0.4, -0.2) is 35.6 Å². The van der Waals surface area contributed by atoms with E-state index in [2.05, 4.69) is 52.0 Å². The zero-order valence-electron chi connectivity index (χ0n) is 16.4. The summed E-state index contributed by atoms with van der Waals surface area (Å²) in [5.74, 6) is 0. The molecule has 0 atom stereocenters. The van der Waals surface area contributed by atoms with Gasteiger partial charge in [0.25, 0.3) is 5.56 Å². The standard InChI is InChI=1S/C23H27N3OS/c1-2-14-26(23-24-22(27)20-10-6-7-11-21(20)28-23)19-12-15-25(16-13-19)17-18-8-4-3-5-9-18/h3-11,19H,2,12-17H2,1H3. The molecule has 1 saturated heterocycles. The first-order chi connectivity index (χ1) is 13.7. The fourth-order valence-corrected chi connectivity index (χ4v) is 5.12. The van der Waals surface area contributed by atoms with E-state index in [1.54, 1.807) is 11.3 Å². The molecular formula is C23H27N3OS. The number of rotatable bonds is 6. The molecule has 0 spiro atoms. The van der Waals surface area contributed by atoms with Gasteiger partial charge in [0.15, 0.2) is 5.13 Å². The normalized spacial score (nSPS) is 15.8. The molecule has 0 amide bonds. The van der Waals surface area contributed by atoms with E-state index in [-0.39, 0.29) is 5.56 Å². The summed E-state index contributed by atoms with van der Waals surface area (Å²) in [5.41, 5.74) is 1.27. The van der Waals surface area contributed by atoms with Crippen LogP contribution in [-0.2, 0) is 6.54 Å². The second-order valence-electron chi connectivity index (χ2n) is 7.48. The Kier molecular flexibility index (Phi) is 6.03. The highest BCUT2D eigenvalue weighted by molar-refractivity contribution is 7.21. The van der Waals surface area contributed by atoms with E-state index < -0.39 is 0 Å². The first kappa shape index (κ1) is 19.1. The molecule has 0 radical (unpaired) electrons. The quantitative estimate of drug-likeness (QED) is 0.616. The van der Waals surface area contributed by atoms with Crippen molar-refractivity contribution in [2.75, 3.05) is 24.5 Å². The average Bonchev–Trinajstić information content (AvgIpc) is 2.73. The Morgan fingerprint density at radius 1 is 1.07 bits per heavy atom. The van der Waals surface area contributed by atoms with E-state index in [9.17, 15) is 4.79 Å². The van der Waals surface area contributed by atoms with Crippen LogP contribution in [0.1, 0.15) is 31.7 Å². The molecule has 5 heteroatoms. The highest BCUT2D eigenvalue weighted by Gasteiger charge is 2.26. The lowest BCUT2D eigenvalue weighted by atomic mass is 10.0. The van der Waals surface area contributed by atoms with Crippen molar-refractivity contribution in [3.05, 3.63) is 70.5 Å². The third-order valence-corrected chi connectivity index (χ3v) is 6.56. The Morgan fingerprint density at radius 2 is 1.79 bits per heavy atom. The van der Waals surface area contributed by atoms with Crippen molar-refractivity contribution in [1.29, 1.82) is 0 Å². The molecular weight excluding hydrogens is 366 g/mol. The number of fused-ring (bicyclic) bond motifs is 1. The minimum atomic E-state index is -0.105. The number of aromatic nitrogens is 1. The van der Waals surface area contributed by atoms with Gasteiger partial charge in [0.05, 0.1) is 5.39 Å². The van der Waals surface area contributed by atoms with Gasteiger partial charge in [-0.25, -0.2) is 0 Å². The summed E-state index contributed by atoms with van der Waals surface area (Å²) in [7, 11) is 0. The number of hydrogen-bond acceptors (Lipinski definition) is 5. The lowest BCUT2D eigenvalue weighted by Crippen LogP contribution is -2.45. The topological polar surface area (TPSA) is 36.4 Å². The van der Waals surface area contributed by atoms with Crippen molar-refractivity contribution in [3.8, 4) is 0 Å². The van der Waals surface area contributed by atoms with Crippen LogP contribution in [0.25, 0.3) is 10.1 Å². The molecule has 4 rings (SSSR count). The molecule has 1 aliphatic heterocycles. The number of nitrogens with zero attached hydrogens (tertiary/aromatic N) is 3.